The molecule has 0 aliphatic rings. The first kappa shape index (κ1) is 14.3. The number of hydrogen-bond acceptors (Lipinski definition) is 1. The van der Waals surface area contributed by atoms with Crippen molar-refractivity contribution in [1.82, 2.24) is 5.32 Å². The minimum atomic E-state index is 0.583. The van der Waals surface area contributed by atoms with Crippen LogP contribution in [0.4, 0.5) is 0 Å². The van der Waals surface area contributed by atoms with Crippen molar-refractivity contribution in [3.63, 3.8) is 0 Å². The molecule has 0 rings (SSSR count). The Morgan fingerprint density at radius 1 is 1.20 bits per heavy atom. The third kappa shape index (κ3) is 11.2. The third-order valence-corrected chi connectivity index (χ3v) is 2.33. The zero-order valence-corrected chi connectivity index (χ0v) is 10.6. The zero-order chi connectivity index (χ0) is 11.5. The van der Waals surface area contributed by atoms with Crippen molar-refractivity contribution in [1.29, 1.82) is 0 Å². The number of nitrogens with one attached hydrogen (secondary N) is 1. The van der Waals surface area contributed by atoms with Crippen molar-refractivity contribution in [2.45, 2.75) is 52.9 Å². The lowest BCUT2D eigenvalue weighted by Crippen LogP contribution is -2.31. The molecule has 0 aliphatic heterocycles. The van der Waals surface area contributed by atoms with Crippen molar-refractivity contribution in [3.8, 4) is 0 Å². The average molecular weight is 213 g/mol. The highest BCUT2D eigenvalue weighted by molar-refractivity contribution is 5.77. The van der Waals surface area contributed by atoms with Gasteiger partial charge in [0.2, 0.25) is 0 Å². The van der Waals surface area contributed by atoms with Crippen molar-refractivity contribution in [2.24, 2.45) is 16.6 Å². The summed E-state index contributed by atoms with van der Waals surface area (Å²) in [6.45, 7) is 8.29. The zero-order valence-electron chi connectivity index (χ0n) is 10.6. The SMILES string of the molecule is CCNC(N)=NCCCCCCC(C)C. The lowest BCUT2D eigenvalue weighted by molar-refractivity contribution is 0.521. The number of aliphatic imine (C=N–C) groups is 1. The van der Waals surface area contributed by atoms with Gasteiger partial charge >= 0.3 is 0 Å². The Morgan fingerprint density at radius 3 is 2.47 bits per heavy atom. The van der Waals surface area contributed by atoms with E-state index in [2.05, 4.69) is 24.2 Å². The minimum Gasteiger partial charge on any atom is -0.370 e. The number of guanidine groups is 1. The van der Waals surface area contributed by atoms with Crippen molar-refractivity contribution >= 4 is 5.96 Å². The van der Waals surface area contributed by atoms with Gasteiger partial charge in [-0.15, -0.1) is 0 Å². The molecule has 0 amide bonds. The summed E-state index contributed by atoms with van der Waals surface area (Å²) in [5.74, 6) is 1.42. The Kier molecular flexibility index (Phi) is 9.33. The van der Waals surface area contributed by atoms with Gasteiger partial charge in [-0.3, -0.25) is 4.99 Å². The molecule has 90 valence electrons. The molecule has 0 aromatic rings. The monoisotopic (exact) mass is 213 g/mol. The van der Waals surface area contributed by atoms with E-state index in [9.17, 15) is 0 Å². The van der Waals surface area contributed by atoms with Gasteiger partial charge in [0.1, 0.15) is 0 Å². The maximum absolute atomic E-state index is 5.60. The molecule has 0 unspecified atom stereocenters. The second kappa shape index (κ2) is 9.81. The summed E-state index contributed by atoms with van der Waals surface area (Å²) in [6, 6.07) is 0. The molecule has 0 saturated carbocycles. The van der Waals surface area contributed by atoms with Crippen molar-refractivity contribution in [3.05, 3.63) is 0 Å². The number of nitrogens with two attached hydrogens (primary N) is 1. The molecule has 0 aliphatic carbocycles. The highest BCUT2D eigenvalue weighted by atomic mass is 15.1. The summed E-state index contributed by atoms with van der Waals surface area (Å²) in [5, 5.41) is 2.99. The highest BCUT2D eigenvalue weighted by Crippen LogP contribution is 2.09. The molecule has 0 atom stereocenters. The molecular formula is C12H27N3. The minimum absolute atomic E-state index is 0.583. The Morgan fingerprint density at radius 2 is 1.87 bits per heavy atom. The molecule has 0 radical (unpaired) electrons. The first-order chi connectivity index (χ1) is 7.16. The maximum atomic E-state index is 5.60. The van der Waals surface area contributed by atoms with Crippen LogP contribution in [0.15, 0.2) is 4.99 Å². The van der Waals surface area contributed by atoms with Crippen molar-refractivity contribution < 1.29 is 0 Å². The number of nitrogens with zero attached hydrogens (tertiary/aromatic N) is 1. The van der Waals surface area contributed by atoms with Gasteiger partial charge in [-0.1, -0.05) is 39.5 Å². The van der Waals surface area contributed by atoms with Gasteiger partial charge in [-0.25, -0.2) is 0 Å². The summed E-state index contributed by atoms with van der Waals surface area (Å²) in [5.41, 5.74) is 5.60. The Labute approximate surface area is 94.5 Å². The fourth-order valence-corrected chi connectivity index (χ4v) is 1.45. The van der Waals surface area contributed by atoms with Crippen LogP contribution in [0.5, 0.6) is 0 Å². The second-order valence-corrected chi connectivity index (χ2v) is 4.39. The molecule has 3 N–H and O–H groups in total. The van der Waals surface area contributed by atoms with Gasteiger partial charge in [0.15, 0.2) is 5.96 Å². The van der Waals surface area contributed by atoms with Gasteiger partial charge in [-0.2, -0.15) is 0 Å². The number of unbranched alkanes of at least 4 members (excludes halogenated alkanes) is 3. The summed E-state index contributed by atoms with van der Waals surface area (Å²) in [7, 11) is 0. The molecule has 0 aromatic carbocycles. The van der Waals surface area contributed by atoms with E-state index >= 15 is 0 Å². The van der Waals surface area contributed by atoms with Gasteiger partial charge < -0.3 is 11.1 Å². The van der Waals surface area contributed by atoms with E-state index in [1.54, 1.807) is 0 Å². The van der Waals surface area contributed by atoms with Crippen LogP contribution < -0.4 is 11.1 Å². The van der Waals surface area contributed by atoms with Crippen LogP contribution in [0, 0.1) is 5.92 Å². The molecular weight excluding hydrogens is 186 g/mol. The first-order valence-corrected chi connectivity index (χ1v) is 6.20. The average Bonchev–Trinajstić information content (AvgIpc) is 2.16. The molecule has 0 fully saturated rings. The van der Waals surface area contributed by atoms with E-state index in [0.717, 1.165) is 25.4 Å². The fraction of sp³-hybridized carbons (Fsp3) is 0.917. The molecule has 3 heteroatoms. The smallest absolute Gasteiger partial charge is 0.188 e. The van der Waals surface area contributed by atoms with Gasteiger partial charge in [0, 0.05) is 13.1 Å². The molecule has 3 nitrogen and oxygen atoms in total. The quantitative estimate of drug-likeness (QED) is 0.370. The molecule has 0 bridgehead atoms. The number of hydrogen-bond donors (Lipinski definition) is 2. The summed E-state index contributed by atoms with van der Waals surface area (Å²) in [6.07, 6.45) is 6.46. The van der Waals surface area contributed by atoms with Crippen LogP contribution in [0.25, 0.3) is 0 Å². The van der Waals surface area contributed by atoms with Crippen molar-refractivity contribution in [2.75, 3.05) is 13.1 Å². The standard InChI is InChI=1S/C12H27N3/c1-4-14-12(13)15-10-8-6-5-7-9-11(2)3/h11H,4-10H2,1-3H3,(H3,13,14,15). The van der Waals surface area contributed by atoms with E-state index in [0.29, 0.717) is 5.96 Å². The van der Waals surface area contributed by atoms with E-state index in [4.69, 9.17) is 5.73 Å². The molecule has 0 heterocycles. The van der Waals surface area contributed by atoms with Crippen LogP contribution in [0.1, 0.15) is 52.9 Å². The van der Waals surface area contributed by atoms with Crippen LogP contribution >= 0.6 is 0 Å². The van der Waals surface area contributed by atoms with E-state index in [1.165, 1.54) is 25.7 Å². The fourth-order valence-electron chi connectivity index (χ4n) is 1.45. The Balaban J connectivity index is 3.20. The Bertz CT molecular complexity index is 164. The highest BCUT2D eigenvalue weighted by Gasteiger charge is 1.94. The first-order valence-electron chi connectivity index (χ1n) is 6.20. The maximum Gasteiger partial charge on any atom is 0.188 e. The van der Waals surface area contributed by atoms with E-state index < -0.39 is 0 Å². The summed E-state index contributed by atoms with van der Waals surface area (Å²) >= 11 is 0. The molecule has 0 saturated heterocycles. The predicted octanol–water partition coefficient (Wildman–Crippen LogP) is 2.52. The topological polar surface area (TPSA) is 50.4 Å². The van der Waals surface area contributed by atoms with Crippen LogP contribution in [-0.2, 0) is 0 Å². The van der Waals surface area contributed by atoms with Gasteiger partial charge in [0.05, 0.1) is 0 Å². The Hall–Kier alpha value is -0.730. The summed E-state index contributed by atoms with van der Waals surface area (Å²) in [4.78, 5) is 4.23. The molecule has 0 spiro atoms. The van der Waals surface area contributed by atoms with Crippen LogP contribution in [-0.4, -0.2) is 19.0 Å². The van der Waals surface area contributed by atoms with Gasteiger partial charge in [-0.05, 0) is 19.3 Å². The van der Waals surface area contributed by atoms with E-state index in [-0.39, 0.29) is 0 Å². The predicted molar refractivity (Wildman–Crippen MR) is 68.1 cm³/mol. The number of rotatable bonds is 8. The third-order valence-electron chi connectivity index (χ3n) is 2.33. The second-order valence-electron chi connectivity index (χ2n) is 4.39. The molecule has 15 heavy (non-hydrogen) atoms. The van der Waals surface area contributed by atoms with Crippen LogP contribution in [0.2, 0.25) is 0 Å². The lowest BCUT2D eigenvalue weighted by Gasteiger charge is -2.04. The normalized spacial score (nSPS) is 12.1. The van der Waals surface area contributed by atoms with Crippen LogP contribution in [0.3, 0.4) is 0 Å². The molecule has 0 aromatic heterocycles. The summed E-state index contributed by atoms with van der Waals surface area (Å²) < 4.78 is 0. The largest absolute Gasteiger partial charge is 0.370 e. The van der Waals surface area contributed by atoms with E-state index in [1.807, 2.05) is 6.92 Å². The lowest BCUT2D eigenvalue weighted by atomic mass is 10.0. The van der Waals surface area contributed by atoms with Gasteiger partial charge in [0.25, 0.3) is 0 Å².